The number of fused-ring (bicyclic) bond motifs is 1. The number of amides is 2. The number of carbonyl (C=O) groups excluding carboxylic acids is 2. The normalized spacial score (nSPS) is 13.0. The van der Waals surface area contributed by atoms with E-state index < -0.39 is 0 Å². The van der Waals surface area contributed by atoms with Crippen molar-refractivity contribution >= 4 is 17.5 Å². The summed E-state index contributed by atoms with van der Waals surface area (Å²) < 4.78 is 1.83. The number of aromatic nitrogens is 2. The number of hydrogen-bond acceptors (Lipinski definition) is 3. The Morgan fingerprint density at radius 1 is 1.15 bits per heavy atom. The van der Waals surface area contributed by atoms with Gasteiger partial charge in [-0.05, 0) is 54.3 Å². The molecular weight excluding hydrogens is 340 g/mol. The van der Waals surface area contributed by atoms with Crippen LogP contribution in [0, 0.1) is 0 Å². The fourth-order valence-electron chi connectivity index (χ4n) is 3.16. The van der Waals surface area contributed by atoms with Crippen molar-refractivity contribution in [1.29, 1.82) is 0 Å². The van der Waals surface area contributed by atoms with Gasteiger partial charge in [-0.2, -0.15) is 5.10 Å². The Kier molecular flexibility index (Phi) is 4.70. The lowest BCUT2D eigenvalue weighted by atomic mass is 10.00. The second-order valence-electron chi connectivity index (χ2n) is 6.55. The summed E-state index contributed by atoms with van der Waals surface area (Å²) in [6, 6.07) is 15.3. The van der Waals surface area contributed by atoms with Crippen molar-refractivity contribution in [2.75, 3.05) is 11.9 Å². The van der Waals surface area contributed by atoms with Gasteiger partial charge in [0.2, 0.25) is 5.91 Å². The molecule has 4 rings (SSSR count). The topological polar surface area (TPSA) is 76.0 Å². The molecule has 6 nitrogen and oxygen atoms in total. The van der Waals surface area contributed by atoms with Crippen LogP contribution in [0.3, 0.4) is 0 Å². The first-order valence-electron chi connectivity index (χ1n) is 8.99. The van der Waals surface area contributed by atoms with Gasteiger partial charge in [0.05, 0.1) is 11.9 Å². The molecule has 6 heteroatoms. The molecule has 0 fully saturated rings. The Bertz CT molecular complexity index is 979. The van der Waals surface area contributed by atoms with E-state index in [1.54, 1.807) is 12.1 Å². The van der Waals surface area contributed by atoms with E-state index in [9.17, 15) is 9.59 Å². The minimum Gasteiger partial charge on any atom is -0.352 e. The third-order valence-electron chi connectivity index (χ3n) is 4.62. The minimum absolute atomic E-state index is 0.0238. The minimum atomic E-state index is -0.106. The molecule has 136 valence electrons. The molecule has 3 aromatic rings. The fourth-order valence-corrected chi connectivity index (χ4v) is 3.16. The van der Waals surface area contributed by atoms with Gasteiger partial charge in [-0.15, -0.1) is 0 Å². The van der Waals surface area contributed by atoms with Crippen LogP contribution in [-0.2, 0) is 17.6 Å². The number of aryl methyl sites for hydroxylation is 1. The lowest BCUT2D eigenvalue weighted by Crippen LogP contribution is -2.26. The number of hydrogen-bond donors (Lipinski definition) is 2. The van der Waals surface area contributed by atoms with Crippen molar-refractivity contribution in [2.45, 2.75) is 19.3 Å². The van der Waals surface area contributed by atoms with Gasteiger partial charge in [-0.25, -0.2) is 4.68 Å². The second kappa shape index (κ2) is 7.45. The highest BCUT2D eigenvalue weighted by Crippen LogP contribution is 2.23. The van der Waals surface area contributed by atoms with E-state index in [-0.39, 0.29) is 11.8 Å². The first-order valence-corrected chi connectivity index (χ1v) is 8.99. The van der Waals surface area contributed by atoms with E-state index in [0.717, 1.165) is 22.5 Å². The standard InChI is InChI=1S/C21H20N4O2/c26-20-9-7-16-12-17(6-8-19(16)24-20)21(27)22-11-10-15-13-23-25(14-15)18-4-2-1-3-5-18/h1-6,8,12-14H,7,9-11H2,(H,22,27)(H,24,26). The third kappa shape index (κ3) is 3.89. The van der Waals surface area contributed by atoms with Gasteiger partial charge in [0.1, 0.15) is 0 Å². The zero-order valence-corrected chi connectivity index (χ0v) is 14.8. The van der Waals surface area contributed by atoms with Crippen LogP contribution in [0.25, 0.3) is 5.69 Å². The van der Waals surface area contributed by atoms with Crippen LogP contribution in [0.4, 0.5) is 5.69 Å². The average Bonchev–Trinajstić information content (AvgIpc) is 3.17. The van der Waals surface area contributed by atoms with Crippen LogP contribution in [0.5, 0.6) is 0 Å². The molecule has 0 bridgehead atoms. The van der Waals surface area contributed by atoms with Crippen molar-refractivity contribution in [3.63, 3.8) is 0 Å². The molecule has 0 saturated heterocycles. The van der Waals surface area contributed by atoms with Crippen molar-refractivity contribution in [3.05, 3.63) is 77.6 Å². The second-order valence-corrected chi connectivity index (χ2v) is 6.55. The molecule has 1 aliphatic rings. The van der Waals surface area contributed by atoms with E-state index >= 15 is 0 Å². The van der Waals surface area contributed by atoms with Crippen LogP contribution >= 0.6 is 0 Å². The molecule has 2 heterocycles. The van der Waals surface area contributed by atoms with Crippen LogP contribution in [0.2, 0.25) is 0 Å². The van der Waals surface area contributed by atoms with Gasteiger partial charge in [-0.3, -0.25) is 9.59 Å². The van der Waals surface area contributed by atoms with Crippen LogP contribution < -0.4 is 10.6 Å². The molecule has 2 amide bonds. The predicted molar refractivity (Wildman–Crippen MR) is 103 cm³/mol. The Morgan fingerprint density at radius 3 is 2.85 bits per heavy atom. The van der Waals surface area contributed by atoms with E-state index in [0.29, 0.717) is 31.4 Å². The average molecular weight is 360 g/mol. The lowest BCUT2D eigenvalue weighted by molar-refractivity contribution is -0.116. The van der Waals surface area contributed by atoms with E-state index in [1.165, 1.54) is 0 Å². The van der Waals surface area contributed by atoms with Gasteiger partial charge < -0.3 is 10.6 Å². The summed E-state index contributed by atoms with van der Waals surface area (Å²) in [6.07, 6.45) is 5.63. The van der Waals surface area contributed by atoms with E-state index in [4.69, 9.17) is 0 Å². The third-order valence-corrected chi connectivity index (χ3v) is 4.62. The molecule has 0 saturated carbocycles. The Labute approximate surface area is 157 Å². The summed E-state index contributed by atoms with van der Waals surface area (Å²) in [6.45, 7) is 0.535. The highest BCUT2D eigenvalue weighted by molar-refractivity contribution is 5.97. The smallest absolute Gasteiger partial charge is 0.251 e. The maximum absolute atomic E-state index is 12.4. The summed E-state index contributed by atoms with van der Waals surface area (Å²) in [7, 11) is 0. The summed E-state index contributed by atoms with van der Waals surface area (Å²) in [5, 5.41) is 10.1. The first kappa shape index (κ1) is 17.0. The monoisotopic (exact) mass is 360 g/mol. The molecule has 2 N–H and O–H groups in total. The Hall–Kier alpha value is -3.41. The van der Waals surface area contributed by atoms with Crippen LogP contribution in [-0.4, -0.2) is 28.1 Å². The van der Waals surface area contributed by atoms with Gasteiger partial charge in [-0.1, -0.05) is 18.2 Å². The zero-order chi connectivity index (χ0) is 18.6. The molecule has 1 aliphatic heterocycles. The zero-order valence-electron chi connectivity index (χ0n) is 14.8. The maximum atomic E-state index is 12.4. The highest BCUT2D eigenvalue weighted by Gasteiger charge is 2.16. The molecule has 1 aromatic heterocycles. The number of rotatable bonds is 5. The van der Waals surface area contributed by atoms with Gasteiger partial charge in [0, 0.05) is 30.4 Å². The quantitative estimate of drug-likeness (QED) is 0.735. The van der Waals surface area contributed by atoms with E-state index in [2.05, 4.69) is 15.7 Å². The molecule has 0 radical (unpaired) electrons. The molecular formula is C21H20N4O2. The van der Waals surface area contributed by atoms with Crippen molar-refractivity contribution in [2.24, 2.45) is 0 Å². The number of anilines is 1. The number of nitrogens with zero attached hydrogens (tertiary/aromatic N) is 2. The first-order chi connectivity index (χ1) is 13.2. The molecule has 27 heavy (non-hydrogen) atoms. The van der Waals surface area contributed by atoms with Gasteiger partial charge in [0.25, 0.3) is 5.91 Å². The van der Waals surface area contributed by atoms with Crippen LogP contribution in [0.1, 0.15) is 27.9 Å². The summed E-state index contributed by atoms with van der Waals surface area (Å²) in [5.74, 6) is -0.0825. The largest absolute Gasteiger partial charge is 0.352 e. The van der Waals surface area contributed by atoms with Crippen molar-refractivity contribution in [3.8, 4) is 5.69 Å². The number of para-hydroxylation sites is 1. The Balaban J connectivity index is 1.34. The molecule has 0 spiro atoms. The molecule has 0 unspecified atom stereocenters. The lowest BCUT2D eigenvalue weighted by Gasteiger charge is -2.17. The van der Waals surface area contributed by atoms with Gasteiger partial charge in [0.15, 0.2) is 0 Å². The summed E-state index contributed by atoms with van der Waals surface area (Å²) >= 11 is 0. The van der Waals surface area contributed by atoms with Crippen molar-refractivity contribution < 1.29 is 9.59 Å². The number of benzene rings is 2. The number of carbonyl (C=O) groups is 2. The maximum Gasteiger partial charge on any atom is 0.251 e. The van der Waals surface area contributed by atoms with Crippen LogP contribution in [0.15, 0.2) is 60.9 Å². The predicted octanol–water partition coefficient (Wildman–Crippen LogP) is 2.73. The Morgan fingerprint density at radius 2 is 2.00 bits per heavy atom. The summed E-state index contributed by atoms with van der Waals surface area (Å²) in [4.78, 5) is 23.8. The summed E-state index contributed by atoms with van der Waals surface area (Å²) in [5.41, 5.74) is 4.49. The SMILES string of the molecule is O=C1CCc2cc(C(=O)NCCc3cnn(-c4ccccc4)c3)ccc2N1. The van der Waals surface area contributed by atoms with Gasteiger partial charge >= 0.3 is 0 Å². The fraction of sp³-hybridized carbons (Fsp3) is 0.190. The van der Waals surface area contributed by atoms with Crippen molar-refractivity contribution in [1.82, 2.24) is 15.1 Å². The molecule has 2 aromatic carbocycles. The molecule has 0 atom stereocenters. The number of nitrogens with one attached hydrogen (secondary N) is 2. The van der Waals surface area contributed by atoms with E-state index in [1.807, 2.05) is 53.5 Å². The molecule has 0 aliphatic carbocycles. The highest BCUT2D eigenvalue weighted by atomic mass is 16.2.